The summed E-state index contributed by atoms with van der Waals surface area (Å²) in [5.74, 6) is -0.434. The molecule has 196 valence electrons. The molecule has 0 aliphatic carbocycles. The van der Waals surface area contributed by atoms with Crippen LogP contribution in [0.4, 0.5) is 4.79 Å². The maximum Gasteiger partial charge on any atom is 0.416 e. The number of ether oxygens (including phenoxy) is 1. The summed E-state index contributed by atoms with van der Waals surface area (Å²) in [6.07, 6.45) is 1.19. The fraction of sp³-hybridized carbons (Fsp3) is 0.448. The standard InChI is InChI=1S/C29H33ClN2O5/c1-29(2,31-16-14-22(15-17-31)27(35)21-8-10-23(30)11-9-21)25(33)12-13-26(34)32-24(19-37-28(32)36)18-20-6-4-3-5-7-20/h3-11,22,24H,12-19H2,1-2H3. The van der Waals surface area contributed by atoms with Gasteiger partial charge in [-0.2, -0.15) is 0 Å². The summed E-state index contributed by atoms with van der Waals surface area (Å²) in [7, 11) is 0. The Kier molecular flexibility index (Phi) is 8.45. The predicted molar refractivity (Wildman–Crippen MR) is 141 cm³/mol. The van der Waals surface area contributed by atoms with Gasteiger partial charge in [-0.05, 0) is 76.0 Å². The predicted octanol–water partition coefficient (Wildman–Crippen LogP) is 4.95. The molecule has 0 bridgehead atoms. The van der Waals surface area contributed by atoms with Gasteiger partial charge in [0.15, 0.2) is 11.6 Å². The van der Waals surface area contributed by atoms with Gasteiger partial charge in [0.25, 0.3) is 0 Å². The Balaban J connectivity index is 1.29. The van der Waals surface area contributed by atoms with E-state index in [1.165, 1.54) is 4.90 Å². The second kappa shape index (κ2) is 11.6. The highest BCUT2D eigenvalue weighted by molar-refractivity contribution is 6.30. The number of halogens is 1. The van der Waals surface area contributed by atoms with E-state index < -0.39 is 11.6 Å². The molecule has 0 aromatic heterocycles. The fourth-order valence-corrected chi connectivity index (χ4v) is 5.30. The summed E-state index contributed by atoms with van der Waals surface area (Å²) in [5.41, 5.74) is 0.894. The third-order valence-electron chi connectivity index (χ3n) is 7.58. The maximum absolute atomic E-state index is 13.2. The molecule has 0 saturated carbocycles. The first kappa shape index (κ1) is 27.0. The lowest BCUT2D eigenvalue weighted by molar-refractivity contribution is -0.135. The zero-order chi connectivity index (χ0) is 26.6. The summed E-state index contributed by atoms with van der Waals surface area (Å²) in [4.78, 5) is 54.5. The number of amides is 2. The van der Waals surface area contributed by atoms with Crippen molar-refractivity contribution in [2.24, 2.45) is 5.92 Å². The van der Waals surface area contributed by atoms with Crippen LogP contribution in [0.25, 0.3) is 0 Å². The molecule has 1 atom stereocenters. The first-order valence-corrected chi connectivity index (χ1v) is 13.2. The molecule has 2 aromatic rings. The summed E-state index contributed by atoms with van der Waals surface area (Å²) >= 11 is 5.93. The van der Waals surface area contributed by atoms with E-state index in [0.717, 1.165) is 5.56 Å². The highest BCUT2D eigenvalue weighted by Gasteiger charge is 2.40. The van der Waals surface area contributed by atoms with Crippen LogP contribution in [0.15, 0.2) is 54.6 Å². The number of benzene rings is 2. The molecule has 2 aliphatic heterocycles. The van der Waals surface area contributed by atoms with E-state index in [9.17, 15) is 19.2 Å². The number of Topliss-reactive ketones (excluding diaryl/α,β-unsaturated/α-hetero) is 2. The minimum absolute atomic E-state index is 0.0390. The van der Waals surface area contributed by atoms with E-state index in [-0.39, 0.29) is 48.9 Å². The molecule has 2 heterocycles. The first-order valence-electron chi connectivity index (χ1n) is 12.8. The second-order valence-corrected chi connectivity index (χ2v) is 10.7. The number of rotatable bonds is 9. The molecule has 2 amide bonds. The van der Waals surface area contributed by atoms with Crippen molar-refractivity contribution in [2.45, 2.75) is 57.5 Å². The molecule has 2 saturated heterocycles. The summed E-state index contributed by atoms with van der Waals surface area (Å²) in [5, 5.41) is 0.596. The Morgan fingerprint density at radius 2 is 1.62 bits per heavy atom. The largest absolute Gasteiger partial charge is 0.447 e. The van der Waals surface area contributed by atoms with Crippen LogP contribution in [0.3, 0.4) is 0 Å². The lowest BCUT2D eigenvalue weighted by Gasteiger charge is -2.41. The highest BCUT2D eigenvalue weighted by atomic mass is 35.5. The van der Waals surface area contributed by atoms with Gasteiger partial charge in [-0.15, -0.1) is 0 Å². The molecule has 7 nitrogen and oxygen atoms in total. The average molecular weight is 525 g/mol. The summed E-state index contributed by atoms with van der Waals surface area (Å²) in [6.45, 7) is 5.12. The molecule has 0 radical (unpaired) electrons. The van der Waals surface area contributed by atoms with Crippen LogP contribution < -0.4 is 0 Å². The monoisotopic (exact) mass is 524 g/mol. The lowest BCUT2D eigenvalue weighted by atomic mass is 9.85. The van der Waals surface area contributed by atoms with Gasteiger partial charge in [0, 0.05) is 29.3 Å². The molecule has 0 N–H and O–H groups in total. The van der Waals surface area contributed by atoms with Crippen molar-refractivity contribution < 1.29 is 23.9 Å². The minimum atomic E-state index is -0.774. The molecule has 8 heteroatoms. The number of carbonyl (C=O) groups is 4. The smallest absolute Gasteiger partial charge is 0.416 e. The Bertz CT molecular complexity index is 1140. The highest BCUT2D eigenvalue weighted by Crippen LogP contribution is 2.29. The van der Waals surface area contributed by atoms with Crippen molar-refractivity contribution >= 4 is 35.2 Å². The average Bonchev–Trinajstić information content (AvgIpc) is 3.27. The third kappa shape index (κ3) is 6.28. The SMILES string of the molecule is CC(C)(C(=O)CCC(=O)N1C(=O)OCC1Cc1ccccc1)N1CCC(C(=O)c2ccc(Cl)cc2)CC1. The number of piperidine rings is 1. The quantitative estimate of drug-likeness (QED) is 0.431. The molecule has 2 aliphatic rings. The van der Waals surface area contributed by atoms with Gasteiger partial charge < -0.3 is 4.74 Å². The van der Waals surface area contributed by atoms with Crippen molar-refractivity contribution in [3.63, 3.8) is 0 Å². The second-order valence-electron chi connectivity index (χ2n) is 10.3. The molecule has 0 spiro atoms. The van der Waals surface area contributed by atoms with Crippen LogP contribution in [0.5, 0.6) is 0 Å². The normalized spacial score (nSPS) is 19.1. The van der Waals surface area contributed by atoms with Crippen molar-refractivity contribution in [1.29, 1.82) is 0 Å². The number of ketones is 2. The van der Waals surface area contributed by atoms with Crippen molar-refractivity contribution in [1.82, 2.24) is 9.80 Å². The Labute approximate surface area is 222 Å². The van der Waals surface area contributed by atoms with Gasteiger partial charge in [0.2, 0.25) is 5.91 Å². The maximum atomic E-state index is 13.2. The molecule has 1 unspecified atom stereocenters. The van der Waals surface area contributed by atoms with Gasteiger partial charge in [0.1, 0.15) is 6.61 Å². The fourth-order valence-electron chi connectivity index (χ4n) is 5.18. The summed E-state index contributed by atoms with van der Waals surface area (Å²) < 4.78 is 5.15. The van der Waals surface area contributed by atoms with E-state index in [0.29, 0.717) is 42.9 Å². The van der Waals surface area contributed by atoms with Crippen molar-refractivity contribution in [2.75, 3.05) is 19.7 Å². The Morgan fingerprint density at radius 3 is 2.27 bits per heavy atom. The van der Waals surface area contributed by atoms with E-state index >= 15 is 0 Å². The lowest BCUT2D eigenvalue weighted by Crippen LogP contribution is -2.53. The first-order chi connectivity index (χ1) is 17.7. The zero-order valence-corrected chi connectivity index (χ0v) is 22.1. The minimum Gasteiger partial charge on any atom is -0.447 e. The Hall–Kier alpha value is -3.03. The van der Waals surface area contributed by atoms with Crippen LogP contribution in [-0.4, -0.2) is 64.6 Å². The number of cyclic esters (lactones) is 1. The molecule has 4 rings (SSSR count). The van der Waals surface area contributed by atoms with Crippen LogP contribution in [-0.2, 0) is 20.7 Å². The van der Waals surface area contributed by atoms with E-state index in [4.69, 9.17) is 16.3 Å². The van der Waals surface area contributed by atoms with Crippen LogP contribution >= 0.6 is 11.6 Å². The number of carbonyl (C=O) groups excluding carboxylic acids is 4. The third-order valence-corrected chi connectivity index (χ3v) is 7.83. The number of hydrogen-bond donors (Lipinski definition) is 0. The topological polar surface area (TPSA) is 84.0 Å². The molecule has 2 aromatic carbocycles. The molecular formula is C29H33ClN2O5. The number of likely N-dealkylation sites (tertiary alicyclic amines) is 1. The van der Waals surface area contributed by atoms with E-state index in [2.05, 4.69) is 4.90 Å². The molecule has 37 heavy (non-hydrogen) atoms. The van der Waals surface area contributed by atoms with Gasteiger partial charge in [0.05, 0.1) is 11.6 Å². The van der Waals surface area contributed by atoms with Gasteiger partial charge >= 0.3 is 6.09 Å². The molecular weight excluding hydrogens is 492 g/mol. The van der Waals surface area contributed by atoms with Gasteiger partial charge in [-0.1, -0.05) is 41.9 Å². The van der Waals surface area contributed by atoms with Crippen LogP contribution in [0.1, 0.15) is 55.5 Å². The van der Waals surface area contributed by atoms with Crippen LogP contribution in [0.2, 0.25) is 5.02 Å². The van der Waals surface area contributed by atoms with E-state index in [1.54, 1.807) is 24.3 Å². The Morgan fingerprint density at radius 1 is 0.973 bits per heavy atom. The van der Waals surface area contributed by atoms with Gasteiger partial charge in [-0.25, -0.2) is 9.69 Å². The number of nitrogens with zero attached hydrogens (tertiary/aromatic N) is 2. The summed E-state index contributed by atoms with van der Waals surface area (Å²) in [6, 6.07) is 16.2. The zero-order valence-electron chi connectivity index (χ0n) is 21.3. The van der Waals surface area contributed by atoms with Crippen molar-refractivity contribution in [3.8, 4) is 0 Å². The van der Waals surface area contributed by atoms with Crippen molar-refractivity contribution in [3.05, 3.63) is 70.7 Å². The number of hydrogen-bond acceptors (Lipinski definition) is 6. The van der Waals surface area contributed by atoms with Gasteiger partial charge in [-0.3, -0.25) is 19.3 Å². The number of imide groups is 1. The van der Waals surface area contributed by atoms with E-state index in [1.807, 2.05) is 44.2 Å². The molecule has 2 fully saturated rings. The van der Waals surface area contributed by atoms with Crippen LogP contribution in [0, 0.1) is 5.92 Å².